The SMILES string of the molecule is CCNC(=O)[C@H](Cc1ccccc1)N(Cc1ccc(Cl)cc1)C(=O)CC(c1ccccc1)c1ccccc1. The molecule has 4 aromatic carbocycles. The summed E-state index contributed by atoms with van der Waals surface area (Å²) in [6, 6.07) is 36.8. The third kappa shape index (κ3) is 7.33. The number of nitrogens with one attached hydrogen (secondary N) is 1. The van der Waals surface area contributed by atoms with Crippen LogP contribution in [0, 0.1) is 0 Å². The zero-order chi connectivity index (χ0) is 26.7. The molecular weight excluding hydrogens is 492 g/mol. The van der Waals surface area contributed by atoms with Crippen LogP contribution in [-0.4, -0.2) is 29.3 Å². The molecule has 0 aliphatic carbocycles. The minimum Gasteiger partial charge on any atom is -0.355 e. The number of hydrogen-bond donors (Lipinski definition) is 1. The second-order valence-corrected chi connectivity index (χ2v) is 9.76. The number of hydrogen-bond acceptors (Lipinski definition) is 2. The van der Waals surface area contributed by atoms with Crippen LogP contribution in [0.2, 0.25) is 5.02 Å². The van der Waals surface area contributed by atoms with Crippen molar-refractivity contribution in [3.05, 3.63) is 143 Å². The van der Waals surface area contributed by atoms with E-state index in [4.69, 9.17) is 11.6 Å². The van der Waals surface area contributed by atoms with Gasteiger partial charge in [0, 0.05) is 36.9 Å². The Balaban J connectivity index is 1.71. The molecule has 0 heterocycles. The average Bonchev–Trinajstić information content (AvgIpc) is 2.96. The molecule has 0 saturated heterocycles. The first kappa shape index (κ1) is 27.2. The third-order valence-corrected chi connectivity index (χ3v) is 6.92. The molecule has 38 heavy (non-hydrogen) atoms. The highest BCUT2D eigenvalue weighted by Gasteiger charge is 2.32. The number of nitrogens with zero attached hydrogens (tertiary/aromatic N) is 1. The molecule has 0 bridgehead atoms. The van der Waals surface area contributed by atoms with Crippen molar-refractivity contribution in [3.63, 3.8) is 0 Å². The Labute approximate surface area is 230 Å². The molecule has 0 fully saturated rings. The van der Waals surface area contributed by atoms with Crippen LogP contribution in [0.5, 0.6) is 0 Å². The fourth-order valence-electron chi connectivity index (χ4n) is 4.72. The topological polar surface area (TPSA) is 49.4 Å². The van der Waals surface area contributed by atoms with Gasteiger partial charge in [-0.1, -0.05) is 115 Å². The Morgan fingerprint density at radius 3 is 1.79 bits per heavy atom. The van der Waals surface area contributed by atoms with Crippen molar-refractivity contribution in [3.8, 4) is 0 Å². The first-order valence-corrected chi connectivity index (χ1v) is 13.4. The molecule has 0 saturated carbocycles. The van der Waals surface area contributed by atoms with E-state index in [1.807, 2.05) is 97.9 Å². The molecule has 4 nitrogen and oxygen atoms in total. The van der Waals surface area contributed by atoms with Crippen molar-refractivity contribution in [1.82, 2.24) is 10.2 Å². The zero-order valence-corrected chi connectivity index (χ0v) is 22.4. The maximum absolute atomic E-state index is 14.2. The van der Waals surface area contributed by atoms with Crippen molar-refractivity contribution >= 4 is 23.4 Å². The maximum atomic E-state index is 14.2. The summed E-state index contributed by atoms with van der Waals surface area (Å²) in [4.78, 5) is 29.4. The molecule has 2 amide bonds. The summed E-state index contributed by atoms with van der Waals surface area (Å²) >= 11 is 6.13. The monoisotopic (exact) mass is 524 g/mol. The van der Waals surface area contributed by atoms with E-state index in [-0.39, 0.29) is 24.2 Å². The minimum atomic E-state index is -0.660. The number of rotatable bonds is 11. The van der Waals surface area contributed by atoms with E-state index in [1.54, 1.807) is 4.90 Å². The van der Waals surface area contributed by atoms with E-state index in [2.05, 4.69) is 29.6 Å². The fourth-order valence-corrected chi connectivity index (χ4v) is 4.85. The van der Waals surface area contributed by atoms with Gasteiger partial charge < -0.3 is 10.2 Å². The normalized spacial score (nSPS) is 11.7. The van der Waals surface area contributed by atoms with Crippen LogP contribution in [0.3, 0.4) is 0 Å². The zero-order valence-electron chi connectivity index (χ0n) is 21.6. The van der Waals surface area contributed by atoms with Crippen molar-refractivity contribution in [2.45, 2.75) is 38.3 Å². The summed E-state index contributed by atoms with van der Waals surface area (Å²) in [5.74, 6) is -0.372. The molecule has 5 heteroatoms. The number of carbonyl (C=O) groups is 2. The third-order valence-electron chi connectivity index (χ3n) is 6.67. The highest BCUT2D eigenvalue weighted by molar-refractivity contribution is 6.30. The predicted octanol–water partition coefficient (Wildman–Crippen LogP) is 6.64. The largest absolute Gasteiger partial charge is 0.355 e. The van der Waals surface area contributed by atoms with Gasteiger partial charge in [0.05, 0.1) is 0 Å². The second-order valence-electron chi connectivity index (χ2n) is 9.33. The molecule has 0 aliphatic heterocycles. The highest BCUT2D eigenvalue weighted by atomic mass is 35.5. The van der Waals surface area contributed by atoms with Crippen LogP contribution >= 0.6 is 11.6 Å². The molecule has 0 aliphatic rings. The lowest BCUT2D eigenvalue weighted by atomic mass is 9.87. The van der Waals surface area contributed by atoms with Crippen LogP contribution in [0.15, 0.2) is 115 Å². The van der Waals surface area contributed by atoms with Crippen LogP contribution in [0.1, 0.15) is 41.5 Å². The molecule has 4 rings (SSSR count). The minimum absolute atomic E-state index is 0.0789. The van der Waals surface area contributed by atoms with Crippen LogP contribution in [0.25, 0.3) is 0 Å². The van der Waals surface area contributed by atoms with Gasteiger partial charge in [0.25, 0.3) is 0 Å². The standard InChI is InChI=1S/C33H33ClN2O2/c1-2-35-33(38)31(22-25-12-6-3-7-13-25)36(24-26-18-20-29(34)21-19-26)32(37)23-30(27-14-8-4-9-15-27)28-16-10-5-11-17-28/h3-21,30-31H,2,22-24H2,1H3,(H,35,38)/t31-/m0/s1. The molecule has 1 atom stereocenters. The lowest BCUT2D eigenvalue weighted by Crippen LogP contribution is -2.50. The number of benzene rings is 4. The quantitative estimate of drug-likeness (QED) is 0.239. The lowest BCUT2D eigenvalue weighted by Gasteiger charge is -2.33. The first-order valence-electron chi connectivity index (χ1n) is 13.0. The molecule has 0 aromatic heterocycles. The number of likely N-dealkylation sites (N-methyl/N-ethyl adjacent to an activating group) is 1. The van der Waals surface area contributed by atoms with Gasteiger partial charge in [-0.05, 0) is 41.3 Å². The van der Waals surface area contributed by atoms with Crippen molar-refractivity contribution < 1.29 is 9.59 Å². The molecule has 0 spiro atoms. The lowest BCUT2D eigenvalue weighted by molar-refractivity contribution is -0.141. The van der Waals surface area contributed by atoms with Crippen LogP contribution in [0.4, 0.5) is 0 Å². The molecular formula is C33H33ClN2O2. The summed E-state index contributed by atoms with van der Waals surface area (Å²) in [5.41, 5.74) is 4.05. The first-order chi connectivity index (χ1) is 18.5. The van der Waals surface area contributed by atoms with E-state index in [0.717, 1.165) is 22.3 Å². The van der Waals surface area contributed by atoms with Gasteiger partial charge in [-0.15, -0.1) is 0 Å². The number of halogens is 1. The van der Waals surface area contributed by atoms with Gasteiger partial charge in [-0.3, -0.25) is 9.59 Å². The predicted molar refractivity (Wildman–Crippen MR) is 154 cm³/mol. The van der Waals surface area contributed by atoms with Gasteiger partial charge in [-0.25, -0.2) is 0 Å². The van der Waals surface area contributed by atoms with Gasteiger partial charge >= 0.3 is 0 Å². The maximum Gasteiger partial charge on any atom is 0.243 e. The summed E-state index contributed by atoms with van der Waals surface area (Å²) in [6.07, 6.45) is 0.666. The van der Waals surface area contributed by atoms with Gasteiger partial charge in [-0.2, -0.15) is 0 Å². The Hall–Kier alpha value is -3.89. The highest BCUT2D eigenvalue weighted by Crippen LogP contribution is 2.30. The van der Waals surface area contributed by atoms with E-state index in [0.29, 0.717) is 24.5 Å². The van der Waals surface area contributed by atoms with E-state index in [9.17, 15) is 9.59 Å². The van der Waals surface area contributed by atoms with Crippen molar-refractivity contribution in [1.29, 1.82) is 0 Å². The Kier molecular flexibility index (Phi) is 9.71. The number of amides is 2. The van der Waals surface area contributed by atoms with Crippen molar-refractivity contribution in [2.24, 2.45) is 0 Å². The van der Waals surface area contributed by atoms with E-state index >= 15 is 0 Å². The van der Waals surface area contributed by atoms with Crippen LogP contribution < -0.4 is 5.32 Å². The second kappa shape index (κ2) is 13.6. The van der Waals surface area contributed by atoms with E-state index in [1.165, 1.54) is 0 Å². The molecule has 1 N–H and O–H groups in total. The Morgan fingerprint density at radius 1 is 0.737 bits per heavy atom. The smallest absolute Gasteiger partial charge is 0.243 e. The summed E-state index contributed by atoms with van der Waals surface area (Å²) in [5, 5.41) is 3.59. The van der Waals surface area contributed by atoms with Gasteiger partial charge in [0.15, 0.2) is 0 Å². The Morgan fingerprint density at radius 2 is 1.26 bits per heavy atom. The van der Waals surface area contributed by atoms with Crippen molar-refractivity contribution in [2.75, 3.05) is 6.54 Å². The fraction of sp³-hybridized carbons (Fsp3) is 0.212. The summed E-state index contributed by atoms with van der Waals surface area (Å²) < 4.78 is 0. The Bertz CT molecular complexity index is 1260. The molecule has 0 radical (unpaired) electrons. The molecule has 194 valence electrons. The molecule has 0 unspecified atom stereocenters. The molecule has 4 aromatic rings. The van der Waals surface area contributed by atoms with Gasteiger partial charge in [0.1, 0.15) is 6.04 Å². The average molecular weight is 525 g/mol. The van der Waals surface area contributed by atoms with Gasteiger partial charge in [0.2, 0.25) is 11.8 Å². The summed E-state index contributed by atoms with van der Waals surface area (Å²) in [6.45, 7) is 2.69. The summed E-state index contributed by atoms with van der Waals surface area (Å²) in [7, 11) is 0. The van der Waals surface area contributed by atoms with E-state index < -0.39 is 6.04 Å². The number of carbonyl (C=O) groups excluding carboxylic acids is 2. The van der Waals surface area contributed by atoms with Crippen LogP contribution in [-0.2, 0) is 22.6 Å².